The summed E-state index contributed by atoms with van der Waals surface area (Å²) in [5, 5.41) is 6.76. The Balaban J connectivity index is 1.84. The fourth-order valence-corrected chi connectivity index (χ4v) is 3.54. The van der Waals surface area contributed by atoms with Crippen LogP contribution in [-0.2, 0) is 17.8 Å². The van der Waals surface area contributed by atoms with E-state index in [1.165, 1.54) is 20.5 Å². The number of anilines is 1. The number of carbonyl (C=O) groups excluding carboxylic acids is 2. The van der Waals surface area contributed by atoms with Gasteiger partial charge in [-0.2, -0.15) is 11.3 Å². The van der Waals surface area contributed by atoms with Gasteiger partial charge >= 0.3 is 0 Å². The van der Waals surface area contributed by atoms with E-state index >= 15 is 0 Å². The molecule has 0 saturated heterocycles. The van der Waals surface area contributed by atoms with Gasteiger partial charge in [0.1, 0.15) is 0 Å². The third-order valence-corrected chi connectivity index (χ3v) is 4.98. The maximum Gasteiger partial charge on any atom is 0.254 e. The van der Waals surface area contributed by atoms with Gasteiger partial charge in [-0.05, 0) is 34.5 Å². The predicted octanol–water partition coefficient (Wildman–Crippen LogP) is 2.94. The van der Waals surface area contributed by atoms with E-state index in [2.05, 4.69) is 15.3 Å². The molecule has 2 N–H and O–H groups in total. The van der Waals surface area contributed by atoms with Crippen molar-refractivity contribution in [1.29, 1.82) is 0 Å². The van der Waals surface area contributed by atoms with Gasteiger partial charge < -0.3 is 24.7 Å². The van der Waals surface area contributed by atoms with Gasteiger partial charge in [0.2, 0.25) is 5.91 Å². The minimum atomic E-state index is -0.272. The second-order valence-corrected chi connectivity index (χ2v) is 7.13. The summed E-state index contributed by atoms with van der Waals surface area (Å²) in [5.41, 5.74) is 2.48. The molecule has 0 spiro atoms. The molecule has 2 heterocycles. The van der Waals surface area contributed by atoms with Crippen LogP contribution in [0.5, 0.6) is 11.5 Å². The van der Waals surface area contributed by atoms with E-state index in [0.29, 0.717) is 35.0 Å². The van der Waals surface area contributed by atoms with Crippen LogP contribution in [0.25, 0.3) is 0 Å². The van der Waals surface area contributed by atoms with Crippen molar-refractivity contribution in [2.24, 2.45) is 0 Å². The molecule has 0 aliphatic heterocycles. The van der Waals surface area contributed by atoms with Gasteiger partial charge in [-0.15, -0.1) is 0 Å². The van der Waals surface area contributed by atoms with Crippen LogP contribution in [0.1, 0.15) is 21.6 Å². The number of ether oxygens (including phenoxy) is 2. The number of aromatic amines is 1. The Labute approximate surface area is 172 Å². The zero-order valence-electron chi connectivity index (χ0n) is 16.4. The number of methoxy groups -OCH3 is 2. The van der Waals surface area contributed by atoms with E-state index < -0.39 is 0 Å². The predicted molar refractivity (Wildman–Crippen MR) is 111 cm³/mol. The van der Waals surface area contributed by atoms with Crippen LogP contribution in [0.3, 0.4) is 0 Å². The van der Waals surface area contributed by atoms with Gasteiger partial charge in [0.05, 0.1) is 32.7 Å². The number of H-pyrrole nitrogens is 1. The van der Waals surface area contributed by atoms with Crippen LogP contribution in [0, 0.1) is 0 Å². The van der Waals surface area contributed by atoms with Gasteiger partial charge in [0, 0.05) is 31.0 Å². The SMILES string of the molecule is COc1cc(C(=O)N(C)Cc2ccsc2)cc(NC(=O)Cc2cnc[nH]2)c1OC. The molecule has 0 unspecified atom stereocenters. The summed E-state index contributed by atoms with van der Waals surface area (Å²) in [5.74, 6) is 0.244. The van der Waals surface area contributed by atoms with Gasteiger partial charge in [0.25, 0.3) is 5.91 Å². The topological polar surface area (TPSA) is 96.5 Å². The first kappa shape index (κ1) is 20.4. The Bertz CT molecular complexity index is 971. The highest BCUT2D eigenvalue weighted by Gasteiger charge is 2.20. The van der Waals surface area contributed by atoms with Crippen LogP contribution >= 0.6 is 11.3 Å². The number of aromatic nitrogens is 2. The monoisotopic (exact) mass is 414 g/mol. The molecule has 1 aromatic carbocycles. The number of nitrogens with zero attached hydrogens (tertiary/aromatic N) is 2. The van der Waals surface area contributed by atoms with Crippen molar-refractivity contribution in [2.45, 2.75) is 13.0 Å². The lowest BCUT2D eigenvalue weighted by Gasteiger charge is -2.19. The number of hydrogen-bond acceptors (Lipinski definition) is 6. The van der Waals surface area contributed by atoms with Crippen molar-refractivity contribution in [3.63, 3.8) is 0 Å². The second-order valence-electron chi connectivity index (χ2n) is 6.35. The number of nitrogens with one attached hydrogen (secondary N) is 2. The molecule has 0 saturated carbocycles. The quantitative estimate of drug-likeness (QED) is 0.591. The van der Waals surface area contributed by atoms with E-state index in [1.807, 2.05) is 16.8 Å². The van der Waals surface area contributed by atoms with Crippen LogP contribution in [0.4, 0.5) is 5.69 Å². The highest BCUT2D eigenvalue weighted by molar-refractivity contribution is 7.07. The molecule has 2 amide bonds. The van der Waals surface area contributed by atoms with E-state index in [-0.39, 0.29) is 18.2 Å². The molecule has 9 heteroatoms. The summed E-state index contributed by atoms with van der Waals surface area (Å²) < 4.78 is 10.8. The Kier molecular flexibility index (Phi) is 6.50. The van der Waals surface area contributed by atoms with Crippen molar-refractivity contribution < 1.29 is 19.1 Å². The standard InChI is InChI=1S/C20H22N4O4S/c1-24(10-13-4-5-29-11-13)20(26)14-6-16(19(28-3)17(7-14)27-2)23-18(25)8-15-9-21-12-22-15/h4-7,9,11-12H,8,10H2,1-3H3,(H,21,22)(H,23,25). The second kappa shape index (κ2) is 9.24. The lowest BCUT2D eigenvalue weighted by Crippen LogP contribution is -2.26. The van der Waals surface area contributed by atoms with Crippen LogP contribution in [0.15, 0.2) is 41.5 Å². The number of hydrogen-bond donors (Lipinski definition) is 2. The molecule has 2 aromatic heterocycles. The van der Waals surface area contributed by atoms with Crippen LogP contribution in [-0.4, -0.2) is 47.9 Å². The van der Waals surface area contributed by atoms with Crippen LogP contribution in [0.2, 0.25) is 0 Å². The summed E-state index contributed by atoms with van der Waals surface area (Å²) in [4.78, 5) is 33.8. The first-order valence-electron chi connectivity index (χ1n) is 8.81. The van der Waals surface area contributed by atoms with Crippen molar-refractivity contribution in [3.8, 4) is 11.5 Å². The van der Waals surface area contributed by atoms with Crippen molar-refractivity contribution in [1.82, 2.24) is 14.9 Å². The van der Waals surface area contributed by atoms with Gasteiger partial charge in [0.15, 0.2) is 11.5 Å². The Morgan fingerprint density at radius 1 is 1.28 bits per heavy atom. The zero-order chi connectivity index (χ0) is 20.8. The molecule has 3 aromatic rings. The highest BCUT2D eigenvalue weighted by atomic mass is 32.1. The molecule has 0 aliphatic rings. The minimum absolute atomic E-state index is 0.113. The van der Waals surface area contributed by atoms with Gasteiger partial charge in [-0.3, -0.25) is 9.59 Å². The summed E-state index contributed by atoms with van der Waals surface area (Å²) in [7, 11) is 4.69. The van der Waals surface area contributed by atoms with E-state index in [4.69, 9.17) is 9.47 Å². The molecule has 0 bridgehead atoms. The normalized spacial score (nSPS) is 10.4. The van der Waals surface area contributed by atoms with E-state index in [9.17, 15) is 9.59 Å². The van der Waals surface area contributed by atoms with Crippen molar-refractivity contribution >= 4 is 28.8 Å². The number of amides is 2. The number of benzene rings is 1. The molecule has 152 valence electrons. The lowest BCUT2D eigenvalue weighted by atomic mass is 10.1. The maximum atomic E-state index is 12.9. The fraction of sp³-hybridized carbons (Fsp3) is 0.250. The molecule has 0 fully saturated rings. The van der Waals surface area contributed by atoms with E-state index in [1.54, 1.807) is 41.6 Å². The number of thiophene rings is 1. The smallest absolute Gasteiger partial charge is 0.254 e. The summed E-state index contributed by atoms with van der Waals surface area (Å²) >= 11 is 1.58. The molecule has 0 aliphatic carbocycles. The van der Waals surface area contributed by atoms with Gasteiger partial charge in [-0.1, -0.05) is 0 Å². The largest absolute Gasteiger partial charge is 0.493 e. The number of carbonyl (C=O) groups is 2. The van der Waals surface area contributed by atoms with E-state index in [0.717, 1.165) is 5.56 Å². The minimum Gasteiger partial charge on any atom is -0.493 e. The average Bonchev–Trinajstić information content (AvgIpc) is 3.40. The molecule has 0 atom stereocenters. The Morgan fingerprint density at radius 2 is 2.10 bits per heavy atom. The zero-order valence-corrected chi connectivity index (χ0v) is 17.2. The fourth-order valence-electron chi connectivity index (χ4n) is 2.88. The summed E-state index contributed by atoms with van der Waals surface area (Å²) in [6.07, 6.45) is 3.20. The average molecular weight is 414 g/mol. The molecule has 29 heavy (non-hydrogen) atoms. The molecule has 8 nitrogen and oxygen atoms in total. The third-order valence-electron chi connectivity index (χ3n) is 4.25. The highest BCUT2D eigenvalue weighted by Crippen LogP contribution is 2.37. The lowest BCUT2D eigenvalue weighted by molar-refractivity contribution is -0.115. The molecule has 0 radical (unpaired) electrons. The van der Waals surface area contributed by atoms with Crippen molar-refractivity contribution in [3.05, 3.63) is 58.3 Å². The van der Waals surface area contributed by atoms with Gasteiger partial charge in [-0.25, -0.2) is 4.98 Å². The number of imidazole rings is 1. The maximum absolute atomic E-state index is 12.9. The summed E-state index contributed by atoms with van der Waals surface area (Å²) in [6, 6.07) is 5.18. The molecule has 3 rings (SSSR count). The Morgan fingerprint density at radius 3 is 2.72 bits per heavy atom. The van der Waals surface area contributed by atoms with Crippen LogP contribution < -0.4 is 14.8 Å². The Hall–Kier alpha value is -3.33. The van der Waals surface area contributed by atoms with Crippen molar-refractivity contribution in [2.75, 3.05) is 26.6 Å². The first-order valence-corrected chi connectivity index (χ1v) is 9.75. The summed E-state index contributed by atoms with van der Waals surface area (Å²) in [6.45, 7) is 0.484. The third kappa shape index (κ3) is 4.94. The molecular formula is C20H22N4O4S. The molecular weight excluding hydrogens is 392 g/mol. The number of rotatable bonds is 8. The first-order chi connectivity index (χ1) is 14.0.